The van der Waals surface area contributed by atoms with Gasteiger partial charge in [0.1, 0.15) is 11.3 Å². The van der Waals surface area contributed by atoms with Gasteiger partial charge in [0.2, 0.25) is 0 Å². The predicted molar refractivity (Wildman–Crippen MR) is 110 cm³/mol. The van der Waals surface area contributed by atoms with E-state index >= 15 is 0 Å². The number of carbonyl (C=O) groups is 1. The Morgan fingerprint density at radius 2 is 1.28 bits per heavy atom. The maximum atomic E-state index is 14.1. The molecule has 0 spiro atoms. The van der Waals surface area contributed by atoms with E-state index in [9.17, 15) is 48.7 Å². The number of carbonyl (C=O) groups excluding carboxylic acids is 1. The summed E-state index contributed by atoms with van der Waals surface area (Å²) in [5.74, 6) is -11.0. The van der Waals surface area contributed by atoms with Crippen LogP contribution in [-0.4, -0.2) is 5.78 Å². The van der Waals surface area contributed by atoms with Gasteiger partial charge in [0.15, 0.2) is 23.3 Å². The van der Waals surface area contributed by atoms with Crippen LogP contribution < -0.4 is 0 Å². The van der Waals surface area contributed by atoms with Gasteiger partial charge < -0.3 is 0 Å². The maximum absolute atomic E-state index is 14.1. The Kier molecular flexibility index (Phi) is 7.25. The van der Waals surface area contributed by atoms with Gasteiger partial charge in [-0.3, -0.25) is 4.79 Å². The largest absolute Gasteiger partial charge is 0.422 e. The molecule has 1 nitrogen and oxygen atoms in total. The summed E-state index contributed by atoms with van der Waals surface area (Å²) < 4.78 is 134. The van der Waals surface area contributed by atoms with Crippen molar-refractivity contribution in [2.24, 2.45) is 0 Å². The molecule has 0 fully saturated rings. The average Bonchev–Trinajstić information content (AvgIpc) is 2.75. The molecule has 0 unspecified atom stereocenters. The summed E-state index contributed by atoms with van der Waals surface area (Å²) in [6.07, 6.45) is -12.1. The Balaban J connectivity index is 1.94. The first-order valence-corrected chi connectivity index (χ1v) is 10.2. The molecule has 36 heavy (non-hydrogen) atoms. The third kappa shape index (κ3) is 5.55. The van der Waals surface area contributed by atoms with E-state index in [2.05, 4.69) is 0 Å². The molecular formula is C25H16F10O. The van der Waals surface area contributed by atoms with E-state index in [0.29, 0.717) is 16.7 Å². The Morgan fingerprint density at radius 3 is 1.81 bits per heavy atom. The highest BCUT2D eigenvalue weighted by molar-refractivity contribution is 5.84. The van der Waals surface area contributed by atoms with E-state index < -0.39 is 70.9 Å². The van der Waals surface area contributed by atoms with Crippen LogP contribution in [0.25, 0.3) is 11.1 Å². The molecule has 0 aliphatic rings. The quantitative estimate of drug-likeness (QED) is 0.246. The number of benzene rings is 3. The van der Waals surface area contributed by atoms with Crippen LogP contribution in [0.5, 0.6) is 0 Å². The fourth-order valence-corrected chi connectivity index (χ4v) is 3.71. The number of aryl methyl sites for hydroxylation is 2. The predicted octanol–water partition coefficient (Wildman–Crippen LogP) is 7.92. The summed E-state index contributed by atoms with van der Waals surface area (Å²) in [4.78, 5) is 12.5. The Bertz CT molecular complexity index is 1310. The van der Waals surface area contributed by atoms with Crippen molar-refractivity contribution in [3.05, 3.63) is 93.0 Å². The van der Waals surface area contributed by atoms with Crippen LogP contribution >= 0.6 is 0 Å². The Morgan fingerprint density at radius 1 is 0.694 bits per heavy atom. The molecule has 3 aromatic carbocycles. The Hall–Kier alpha value is -3.37. The number of rotatable bonds is 5. The van der Waals surface area contributed by atoms with E-state index in [4.69, 9.17) is 0 Å². The first-order chi connectivity index (χ1) is 16.5. The normalized spacial score (nSPS) is 12.2. The van der Waals surface area contributed by atoms with E-state index in [-0.39, 0.29) is 11.1 Å². The summed E-state index contributed by atoms with van der Waals surface area (Å²) in [5, 5.41) is 0. The van der Waals surface area contributed by atoms with E-state index in [1.807, 2.05) is 0 Å². The summed E-state index contributed by atoms with van der Waals surface area (Å²) in [6.45, 7) is 3.01. The first-order valence-electron chi connectivity index (χ1n) is 10.2. The highest BCUT2D eigenvalue weighted by atomic mass is 19.4. The van der Waals surface area contributed by atoms with Gasteiger partial charge >= 0.3 is 12.4 Å². The van der Waals surface area contributed by atoms with Crippen molar-refractivity contribution in [2.75, 3.05) is 0 Å². The van der Waals surface area contributed by atoms with Gasteiger partial charge in [-0.1, -0.05) is 24.3 Å². The molecule has 0 radical (unpaired) electrons. The minimum atomic E-state index is -5.71. The maximum Gasteiger partial charge on any atom is 0.422 e. The highest BCUT2D eigenvalue weighted by Crippen LogP contribution is 2.37. The average molecular weight is 522 g/mol. The van der Waals surface area contributed by atoms with Crippen LogP contribution in [0.3, 0.4) is 0 Å². The van der Waals surface area contributed by atoms with E-state index in [1.54, 1.807) is 6.92 Å². The molecule has 0 saturated heterocycles. The van der Waals surface area contributed by atoms with Crippen molar-refractivity contribution in [1.82, 2.24) is 0 Å². The summed E-state index contributed by atoms with van der Waals surface area (Å²) in [6, 6.07) is 7.70. The van der Waals surface area contributed by atoms with Gasteiger partial charge in [0, 0.05) is 18.4 Å². The number of hydrogen-bond acceptors (Lipinski definition) is 1. The molecule has 0 aliphatic carbocycles. The van der Waals surface area contributed by atoms with Crippen LogP contribution in [0.1, 0.15) is 33.4 Å². The van der Waals surface area contributed by atoms with E-state index in [1.165, 1.54) is 31.2 Å². The van der Waals surface area contributed by atoms with Crippen molar-refractivity contribution in [3.8, 4) is 11.1 Å². The van der Waals surface area contributed by atoms with Crippen molar-refractivity contribution in [1.29, 1.82) is 0 Å². The summed E-state index contributed by atoms with van der Waals surface area (Å²) in [7, 11) is 0. The van der Waals surface area contributed by atoms with Crippen LogP contribution in [0.4, 0.5) is 43.9 Å². The van der Waals surface area contributed by atoms with Gasteiger partial charge in [0.05, 0.1) is 5.56 Å². The lowest BCUT2D eigenvalue weighted by molar-refractivity contribution is -0.143. The zero-order chi connectivity index (χ0) is 27.2. The van der Waals surface area contributed by atoms with Crippen LogP contribution in [-0.2, 0) is 30.0 Å². The van der Waals surface area contributed by atoms with Crippen LogP contribution in [0.2, 0.25) is 0 Å². The molecule has 3 aromatic rings. The van der Waals surface area contributed by atoms with Gasteiger partial charge in [0.25, 0.3) is 0 Å². The van der Waals surface area contributed by atoms with Crippen molar-refractivity contribution >= 4 is 5.78 Å². The minimum Gasteiger partial charge on any atom is -0.299 e. The SMILES string of the molecule is Cc1cc(-c2ccc(C)c(CC(=O)Cc3c(F)c(F)c(C(F)(F)F)c(F)c3F)c2)cc(C(F)(F)F)c1. The van der Waals surface area contributed by atoms with Crippen molar-refractivity contribution in [2.45, 2.75) is 39.0 Å². The van der Waals surface area contributed by atoms with Crippen LogP contribution in [0, 0.1) is 37.1 Å². The standard InChI is InChI=1S/C25H16F10O/c1-11-5-15(8-16(6-11)24(30,31)32)13-4-3-12(2)14(7-13)9-17(36)10-18-20(26)22(28)19(25(33,34)35)23(29)21(18)27/h3-8H,9-10H2,1-2H3. The highest BCUT2D eigenvalue weighted by Gasteiger charge is 2.42. The van der Waals surface area contributed by atoms with Gasteiger partial charge in [-0.2, -0.15) is 26.3 Å². The molecule has 0 aromatic heterocycles. The number of alkyl halides is 6. The Labute approximate surface area is 198 Å². The van der Waals surface area contributed by atoms with Gasteiger partial charge in [-0.15, -0.1) is 0 Å². The van der Waals surface area contributed by atoms with E-state index in [0.717, 1.165) is 12.1 Å². The summed E-state index contributed by atoms with van der Waals surface area (Å²) in [5.41, 5.74) is -3.63. The topological polar surface area (TPSA) is 17.1 Å². The monoisotopic (exact) mass is 522 g/mol. The molecular weight excluding hydrogens is 506 g/mol. The number of hydrogen-bond donors (Lipinski definition) is 0. The molecule has 0 atom stereocenters. The molecule has 0 amide bonds. The zero-order valence-corrected chi connectivity index (χ0v) is 18.6. The van der Waals surface area contributed by atoms with Crippen molar-refractivity contribution in [3.63, 3.8) is 0 Å². The lowest BCUT2D eigenvalue weighted by Gasteiger charge is -2.14. The molecule has 0 aliphatic heterocycles. The summed E-state index contributed by atoms with van der Waals surface area (Å²) >= 11 is 0. The molecule has 0 saturated carbocycles. The number of halogens is 10. The molecule has 0 heterocycles. The lowest BCUT2D eigenvalue weighted by Crippen LogP contribution is -2.19. The molecule has 0 N–H and O–H groups in total. The van der Waals surface area contributed by atoms with Crippen LogP contribution in [0.15, 0.2) is 36.4 Å². The third-order valence-electron chi connectivity index (χ3n) is 5.49. The third-order valence-corrected chi connectivity index (χ3v) is 5.49. The zero-order valence-electron chi connectivity index (χ0n) is 18.6. The smallest absolute Gasteiger partial charge is 0.299 e. The second-order valence-corrected chi connectivity index (χ2v) is 8.23. The van der Waals surface area contributed by atoms with Gasteiger partial charge in [-0.25, -0.2) is 17.6 Å². The molecule has 11 heteroatoms. The fourth-order valence-electron chi connectivity index (χ4n) is 3.71. The second kappa shape index (κ2) is 9.59. The number of ketones is 1. The molecule has 0 bridgehead atoms. The fraction of sp³-hybridized carbons (Fsp3) is 0.240. The lowest BCUT2D eigenvalue weighted by atomic mass is 9.93. The minimum absolute atomic E-state index is 0.181. The number of Topliss-reactive ketones (excluding diaryl/α,β-unsaturated/α-hetero) is 1. The van der Waals surface area contributed by atoms with Crippen molar-refractivity contribution < 1.29 is 48.7 Å². The molecule has 192 valence electrons. The van der Waals surface area contributed by atoms with Gasteiger partial charge in [-0.05, 0) is 53.8 Å². The molecule has 3 rings (SSSR count). The first kappa shape index (κ1) is 27.2. The second-order valence-electron chi connectivity index (χ2n) is 8.23.